The van der Waals surface area contributed by atoms with E-state index in [9.17, 15) is 9.59 Å². The van der Waals surface area contributed by atoms with E-state index in [-0.39, 0.29) is 16.9 Å². The average Bonchev–Trinajstić information content (AvgIpc) is 2.90. The van der Waals surface area contributed by atoms with Gasteiger partial charge >= 0.3 is 0 Å². The first kappa shape index (κ1) is 14.7. The lowest BCUT2D eigenvalue weighted by atomic mass is 9.91. The Labute approximate surface area is 139 Å². The zero-order valence-corrected chi connectivity index (χ0v) is 13.7. The first-order chi connectivity index (χ1) is 11.6. The molecule has 0 amide bonds. The normalized spacial score (nSPS) is 12.6. The Hall–Kier alpha value is -2.88. The third kappa shape index (κ3) is 2.14. The van der Waals surface area contributed by atoms with Crippen LogP contribution in [0.15, 0.2) is 47.3 Å². The van der Waals surface area contributed by atoms with E-state index in [1.807, 2.05) is 13.1 Å². The quantitative estimate of drug-likeness (QED) is 0.739. The van der Waals surface area contributed by atoms with Gasteiger partial charge in [0.2, 0.25) is 0 Å². The fraction of sp³-hybridized carbons (Fsp3) is 0.200. The topological polar surface area (TPSA) is 54.9 Å². The van der Waals surface area contributed by atoms with E-state index in [4.69, 9.17) is 0 Å². The zero-order valence-electron chi connectivity index (χ0n) is 13.7. The van der Waals surface area contributed by atoms with Crippen molar-refractivity contribution in [3.8, 4) is 11.3 Å². The lowest BCUT2D eigenvalue weighted by Gasteiger charge is -2.18. The molecule has 1 N–H and O–H groups in total. The van der Waals surface area contributed by atoms with Gasteiger partial charge in [0, 0.05) is 29.6 Å². The van der Waals surface area contributed by atoms with Crippen molar-refractivity contribution in [2.75, 3.05) is 0 Å². The van der Waals surface area contributed by atoms with E-state index < -0.39 is 0 Å². The van der Waals surface area contributed by atoms with Gasteiger partial charge in [0.15, 0.2) is 5.78 Å². The number of aromatic amines is 1. The highest BCUT2D eigenvalue weighted by Crippen LogP contribution is 2.33. The number of hydrogen-bond acceptors (Lipinski definition) is 2. The minimum Gasteiger partial charge on any atom is -0.351 e. The Morgan fingerprint density at radius 3 is 2.62 bits per heavy atom. The van der Waals surface area contributed by atoms with Crippen molar-refractivity contribution in [1.82, 2.24) is 9.55 Å². The molecule has 4 heteroatoms. The van der Waals surface area contributed by atoms with E-state index in [0.29, 0.717) is 5.56 Å². The van der Waals surface area contributed by atoms with Crippen molar-refractivity contribution in [2.24, 2.45) is 7.05 Å². The summed E-state index contributed by atoms with van der Waals surface area (Å²) in [5, 5.41) is 0. The fourth-order valence-electron chi connectivity index (χ4n) is 3.48. The molecule has 0 radical (unpaired) electrons. The Balaban J connectivity index is 1.85. The van der Waals surface area contributed by atoms with Crippen molar-refractivity contribution in [2.45, 2.75) is 19.8 Å². The largest absolute Gasteiger partial charge is 0.351 e. The van der Waals surface area contributed by atoms with E-state index in [1.54, 1.807) is 30.3 Å². The maximum absolute atomic E-state index is 12.6. The van der Waals surface area contributed by atoms with Gasteiger partial charge < -0.3 is 9.55 Å². The second-order valence-corrected chi connectivity index (χ2v) is 6.31. The van der Waals surface area contributed by atoms with Crippen molar-refractivity contribution >= 4 is 5.78 Å². The number of nitrogens with one attached hydrogen (secondary N) is 1. The molecule has 2 aromatic heterocycles. The van der Waals surface area contributed by atoms with Crippen LogP contribution in [0.1, 0.15) is 32.9 Å². The molecule has 3 aromatic rings. The molecule has 120 valence electrons. The summed E-state index contributed by atoms with van der Waals surface area (Å²) in [5.41, 5.74) is 5.80. The lowest BCUT2D eigenvalue weighted by molar-refractivity contribution is 0.103. The van der Waals surface area contributed by atoms with Crippen LogP contribution in [0.2, 0.25) is 0 Å². The molecular formula is C20H18N2O2. The predicted molar refractivity (Wildman–Crippen MR) is 93.5 cm³/mol. The molecule has 0 aliphatic heterocycles. The number of H-pyrrole nitrogens is 1. The molecule has 0 saturated heterocycles. The summed E-state index contributed by atoms with van der Waals surface area (Å²) < 4.78 is 2.17. The SMILES string of the molecule is Cc1cc2c(n1C)CCc1cc(C(=O)c3ccccc3)c(=O)[nH]c1-2. The second kappa shape index (κ2) is 5.34. The summed E-state index contributed by atoms with van der Waals surface area (Å²) in [4.78, 5) is 28.1. The number of rotatable bonds is 2. The number of pyridine rings is 1. The highest BCUT2D eigenvalue weighted by atomic mass is 16.1. The molecule has 0 unspecified atom stereocenters. The Kier molecular flexibility index (Phi) is 3.27. The summed E-state index contributed by atoms with van der Waals surface area (Å²) in [6.45, 7) is 2.06. The highest BCUT2D eigenvalue weighted by molar-refractivity contribution is 6.09. The number of carbonyl (C=O) groups excluding carboxylic acids is 1. The van der Waals surface area contributed by atoms with Crippen LogP contribution >= 0.6 is 0 Å². The van der Waals surface area contributed by atoms with Gasteiger partial charge in [-0.25, -0.2) is 0 Å². The first-order valence-corrected chi connectivity index (χ1v) is 8.08. The number of carbonyl (C=O) groups is 1. The van der Waals surface area contributed by atoms with Crippen molar-refractivity contribution < 1.29 is 4.79 Å². The minimum absolute atomic E-state index is 0.219. The van der Waals surface area contributed by atoms with Crippen LogP contribution in [0.3, 0.4) is 0 Å². The number of fused-ring (bicyclic) bond motifs is 3. The van der Waals surface area contributed by atoms with Gasteiger partial charge in [-0.1, -0.05) is 30.3 Å². The Morgan fingerprint density at radius 2 is 1.88 bits per heavy atom. The molecule has 4 rings (SSSR count). The van der Waals surface area contributed by atoms with Gasteiger partial charge in [-0.05, 0) is 37.5 Å². The van der Waals surface area contributed by atoms with Crippen LogP contribution in [-0.4, -0.2) is 15.3 Å². The second-order valence-electron chi connectivity index (χ2n) is 6.31. The molecule has 0 saturated carbocycles. The molecular weight excluding hydrogens is 300 g/mol. The van der Waals surface area contributed by atoms with Crippen LogP contribution in [0.25, 0.3) is 11.3 Å². The number of aryl methyl sites for hydroxylation is 2. The summed E-state index contributed by atoms with van der Waals surface area (Å²) in [7, 11) is 2.05. The van der Waals surface area contributed by atoms with Gasteiger partial charge in [0.25, 0.3) is 5.56 Å². The number of benzene rings is 1. The molecule has 0 atom stereocenters. The van der Waals surface area contributed by atoms with Gasteiger partial charge in [0.05, 0.1) is 11.3 Å². The average molecular weight is 318 g/mol. The first-order valence-electron chi connectivity index (χ1n) is 8.08. The van der Waals surface area contributed by atoms with Crippen LogP contribution in [-0.2, 0) is 19.9 Å². The molecule has 1 aromatic carbocycles. The number of nitrogens with zero attached hydrogens (tertiary/aromatic N) is 1. The van der Waals surface area contributed by atoms with Crippen molar-refractivity contribution in [3.05, 3.63) is 80.9 Å². The van der Waals surface area contributed by atoms with Crippen molar-refractivity contribution in [1.29, 1.82) is 0 Å². The van der Waals surface area contributed by atoms with E-state index in [1.165, 1.54) is 5.69 Å². The fourth-order valence-corrected chi connectivity index (χ4v) is 3.48. The smallest absolute Gasteiger partial charge is 0.259 e. The van der Waals surface area contributed by atoms with Gasteiger partial charge in [-0.15, -0.1) is 0 Å². The lowest BCUT2D eigenvalue weighted by Crippen LogP contribution is -2.22. The Bertz CT molecular complexity index is 1010. The summed E-state index contributed by atoms with van der Waals surface area (Å²) in [5.74, 6) is -0.227. The Morgan fingerprint density at radius 1 is 1.12 bits per heavy atom. The molecule has 24 heavy (non-hydrogen) atoms. The molecule has 0 bridgehead atoms. The molecule has 1 aliphatic carbocycles. The maximum Gasteiger partial charge on any atom is 0.259 e. The minimum atomic E-state index is -0.322. The van der Waals surface area contributed by atoms with Crippen LogP contribution < -0.4 is 5.56 Å². The van der Waals surface area contributed by atoms with Crippen LogP contribution in [0.4, 0.5) is 0 Å². The third-order valence-electron chi connectivity index (χ3n) is 4.90. The highest BCUT2D eigenvalue weighted by Gasteiger charge is 2.23. The van der Waals surface area contributed by atoms with Gasteiger partial charge in [-0.2, -0.15) is 0 Å². The van der Waals surface area contributed by atoms with Gasteiger partial charge in [0.1, 0.15) is 0 Å². The van der Waals surface area contributed by atoms with E-state index in [2.05, 4.69) is 22.5 Å². The number of aromatic nitrogens is 2. The van der Waals surface area contributed by atoms with Crippen molar-refractivity contribution in [3.63, 3.8) is 0 Å². The van der Waals surface area contributed by atoms with E-state index in [0.717, 1.165) is 35.4 Å². The third-order valence-corrected chi connectivity index (χ3v) is 4.90. The van der Waals surface area contributed by atoms with Crippen LogP contribution in [0.5, 0.6) is 0 Å². The number of hydrogen-bond donors (Lipinski definition) is 1. The molecule has 0 spiro atoms. The van der Waals surface area contributed by atoms with Crippen LogP contribution in [0, 0.1) is 6.92 Å². The summed E-state index contributed by atoms with van der Waals surface area (Å²) >= 11 is 0. The monoisotopic (exact) mass is 318 g/mol. The van der Waals surface area contributed by atoms with E-state index >= 15 is 0 Å². The molecule has 2 heterocycles. The summed E-state index contributed by atoms with van der Waals surface area (Å²) in [6, 6.07) is 12.8. The predicted octanol–water partition coefficient (Wildman–Crippen LogP) is 3.02. The summed E-state index contributed by atoms with van der Waals surface area (Å²) in [6.07, 6.45) is 1.74. The zero-order chi connectivity index (χ0) is 16.8. The van der Waals surface area contributed by atoms with Gasteiger partial charge in [-0.3, -0.25) is 9.59 Å². The number of ketones is 1. The molecule has 0 fully saturated rings. The maximum atomic E-state index is 12.6. The molecule has 4 nitrogen and oxygen atoms in total. The standard InChI is InChI=1S/C20H18N2O2/c1-12-10-15-17(22(12)2)9-8-14-11-16(20(24)21-18(14)15)19(23)13-6-4-3-5-7-13/h3-7,10-11H,8-9H2,1-2H3,(H,21,24). The molecule has 1 aliphatic rings.